The number of hydrogen-bond acceptors (Lipinski definition) is 1. The van der Waals surface area contributed by atoms with Crippen LogP contribution in [0, 0.1) is 39.5 Å². The zero-order valence-electron chi connectivity index (χ0n) is 23.8. The number of carbonyl (C=O) groups excluding carboxylic acids is 1. The minimum absolute atomic E-state index is 0.230. The van der Waals surface area contributed by atoms with Crippen LogP contribution in [0.2, 0.25) is 0 Å². The number of carbonyl (C=O) groups is 1. The van der Waals surface area contributed by atoms with Crippen LogP contribution in [0.1, 0.15) is 74.9 Å². The summed E-state index contributed by atoms with van der Waals surface area (Å²) in [5, 5.41) is 0. The molecule has 0 saturated carbocycles. The van der Waals surface area contributed by atoms with Gasteiger partial charge in [-0.25, -0.2) is 0 Å². The minimum Gasteiger partial charge on any atom is -0.298 e. The second kappa shape index (κ2) is 9.18. The highest BCUT2D eigenvalue weighted by Crippen LogP contribution is 2.51. The fraction of sp³-hybridized carbons (Fsp3) is 0.400. The summed E-state index contributed by atoms with van der Waals surface area (Å²) in [5.74, 6) is -0.144. The molecule has 0 bridgehead atoms. The molecule has 188 valence electrons. The molecule has 2 aromatic rings. The Bertz CT molecular complexity index is 1260. The van der Waals surface area contributed by atoms with Crippen LogP contribution in [0.15, 0.2) is 83.0 Å². The smallest absolute Gasteiger partial charge is 0.149 e. The van der Waals surface area contributed by atoms with Crippen LogP contribution in [0.5, 0.6) is 0 Å². The molecule has 2 aliphatic carbocycles. The molecule has 0 amide bonds. The SMILES string of the molecule is CC1=CC(C)(c2cccc(C)c2C)C(C(=O)C2C(C)=CC(C)=CC2(C)c2cccc(C)c2C)C(C)=C1. The molecule has 4 atom stereocenters. The molecular formula is C35H42O. The molecular weight excluding hydrogens is 436 g/mol. The van der Waals surface area contributed by atoms with Crippen molar-refractivity contribution in [3.05, 3.63) is 116 Å². The van der Waals surface area contributed by atoms with E-state index in [1.165, 1.54) is 44.5 Å². The van der Waals surface area contributed by atoms with E-state index in [1.807, 2.05) is 0 Å². The Labute approximate surface area is 218 Å². The van der Waals surface area contributed by atoms with E-state index >= 15 is 4.79 Å². The summed E-state index contributed by atoms with van der Waals surface area (Å²) in [5.41, 5.74) is 11.6. The minimum atomic E-state index is -0.408. The van der Waals surface area contributed by atoms with E-state index in [4.69, 9.17) is 0 Å². The molecule has 0 saturated heterocycles. The number of rotatable bonds is 4. The Morgan fingerprint density at radius 3 is 1.33 bits per heavy atom. The summed E-state index contributed by atoms with van der Waals surface area (Å²) in [6, 6.07) is 13.1. The van der Waals surface area contributed by atoms with Crippen molar-refractivity contribution in [1.82, 2.24) is 0 Å². The Hall–Kier alpha value is -2.93. The lowest BCUT2D eigenvalue weighted by Gasteiger charge is -2.46. The van der Waals surface area contributed by atoms with Crippen LogP contribution in [0.3, 0.4) is 0 Å². The first-order valence-electron chi connectivity index (χ1n) is 13.2. The highest BCUT2D eigenvalue weighted by Gasteiger charge is 2.50. The van der Waals surface area contributed by atoms with Crippen LogP contribution in [-0.4, -0.2) is 5.78 Å². The summed E-state index contributed by atoms with van der Waals surface area (Å²) in [4.78, 5) is 15.0. The molecule has 36 heavy (non-hydrogen) atoms. The first-order chi connectivity index (χ1) is 16.8. The average Bonchev–Trinajstić information content (AvgIpc) is 2.76. The molecule has 1 heteroatoms. The van der Waals surface area contributed by atoms with E-state index in [0.29, 0.717) is 5.78 Å². The van der Waals surface area contributed by atoms with Crippen molar-refractivity contribution in [1.29, 1.82) is 0 Å². The first kappa shape index (κ1) is 26.1. The van der Waals surface area contributed by atoms with E-state index in [-0.39, 0.29) is 11.8 Å². The third kappa shape index (κ3) is 4.07. The van der Waals surface area contributed by atoms with E-state index in [0.717, 1.165) is 11.1 Å². The predicted molar refractivity (Wildman–Crippen MR) is 154 cm³/mol. The van der Waals surface area contributed by atoms with Gasteiger partial charge in [0, 0.05) is 10.8 Å². The van der Waals surface area contributed by atoms with Crippen molar-refractivity contribution < 1.29 is 4.79 Å². The van der Waals surface area contributed by atoms with Gasteiger partial charge in [0.1, 0.15) is 5.78 Å². The lowest BCUT2D eigenvalue weighted by atomic mass is 9.56. The van der Waals surface area contributed by atoms with E-state index < -0.39 is 10.8 Å². The summed E-state index contributed by atoms with van der Waals surface area (Å²) < 4.78 is 0. The maximum Gasteiger partial charge on any atom is 0.149 e. The molecule has 0 N–H and O–H groups in total. The number of ketones is 1. The molecule has 4 rings (SSSR count). The Kier molecular flexibility index (Phi) is 6.67. The second-order valence-corrected chi connectivity index (χ2v) is 11.9. The highest BCUT2D eigenvalue weighted by atomic mass is 16.1. The number of allylic oxidation sites excluding steroid dienone is 8. The highest BCUT2D eigenvalue weighted by molar-refractivity contribution is 5.93. The van der Waals surface area contributed by atoms with Crippen molar-refractivity contribution >= 4 is 5.78 Å². The van der Waals surface area contributed by atoms with Gasteiger partial charge in [0.2, 0.25) is 0 Å². The lowest BCUT2D eigenvalue weighted by molar-refractivity contribution is -0.127. The van der Waals surface area contributed by atoms with Gasteiger partial charge in [-0.2, -0.15) is 0 Å². The fourth-order valence-corrected chi connectivity index (χ4v) is 7.37. The predicted octanol–water partition coefficient (Wildman–Crippen LogP) is 8.75. The number of hydrogen-bond donors (Lipinski definition) is 0. The van der Waals surface area contributed by atoms with Crippen molar-refractivity contribution in [2.45, 2.75) is 80.1 Å². The molecule has 1 nitrogen and oxygen atoms in total. The third-order valence-corrected chi connectivity index (χ3v) is 9.01. The Morgan fingerprint density at radius 1 is 0.611 bits per heavy atom. The Balaban J connectivity index is 1.94. The Morgan fingerprint density at radius 2 is 0.972 bits per heavy atom. The van der Waals surface area contributed by atoms with Gasteiger partial charge in [0.15, 0.2) is 0 Å². The van der Waals surface area contributed by atoms with Gasteiger partial charge in [0.25, 0.3) is 0 Å². The van der Waals surface area contributed by atoms with Crippen molar-refractivity contribution in [3.8, 4) is 0 Å². The summed E-state index contributed by atoms with van der Waals surface area (Å²) in [6.07, 6.45) is 9.10. The molecule has 2 aromatic carbocycles. The summed E-state index contributed by atoms with van der Waals surface area (Å²) in [7, 11) is 0. The first-order valence-corrected chi connectivity index (χ1v) is 13.2. The second-order valence-electron chi connectivity index (χ2n) is 11.9. The van der Waals surface area contributed by atoms with Crippen molar-refractivity contribution in [2.24, 2.45) is 11.8 Å². The van der Waals surface area contributed by atoms with E-state index in [2.05, 4.69) is 130 Å². The monoisotopic (exact) mass is 478 g/mol. The molecule has 0 spiro atoms. The van der Waals surface area contributed by atoms with Gasteiger partial charge in [0.05, 0.1) is 11.8 Å². The van der Waals surface area contributed by atoms with Crippen LogP contribution in [0.25, 0.3) is 0 Å². The van der Waals surface area contributed by atoms with Crippen molar-refractivity contribution in [3.63, 3.8) is 0 Å². The normalized spacial score (nSPS) is 28.2. The van der Waals surface area contributed by atoms with E-state index in [1.54, 1.807) is 0 Å². The van der Waals surface area contributed by atoms with Crippen LogP contribution in [0.4, 0.5) is 0 Å². The quantitative estimate of drug-likeness (QED) is 0.429. The van der Waals surface area contributed by atoms with Crippen LogP contribution < -0.4 is 0 Å². The standard InChI is InChI=1S/C35H42O/c1-21-17-25(5)31(34(9,19-21)29-15-11-13-23(3)27(29)7)33(36)32-26(6)18-22(2)20-35(32,10)30-16-12-14-24(4)28(30)8/h11-20,31-32H,1-10H3. The third-order valence-electron chi connectivity index (χ3n) is 9.01. The largest absolute Gasteiger partial charge is 0.298 e. The van der Waals surface area contributed by atoms with Gasteiger partial charge < -0.3 is 0 Å². The maximum absolute atomic E-state index is 15.0. The molecule has 0 heterocycles. The van der Waals surface area contributed by atoms with Crippen LogP contribution in [-0.2, 0) is 15.6 Å². The lowest BCUT2D eigenvalue weighted by Crippen LogP contribution is -2.48. The maximum atomic E-state index is 15.0. The number of Topliss-reactive ketones (excluding diaryl/α,β-unsaturated/α-hetero) is 1. The van der Waals surface area contributed by atoms with Gasteiger partial charge >= 0.3 is 0 Å². The molecule has 4 unspecified atom stereocenters. The fourth-order valence-electron chi connectivity index (χ4n) is 7.37. The van der Waals surface area contributed by atoms with Gasteiger partial charge in [-0.1, -0.05) is 96.8 Å². The average molecular weight is 479 g/mol. The number of benzene rings is 2. The zero-order chi connectivity index (χ0) is 26.6. The topological polar surface area (TPSA) is 17.1 Å². The van der Waals surface area contributed by atoms with Crippen molar-refractivity contribution in [2.75, 3.05) is 0 Å². The molecule has 0 radical (unpaired) electrons. The van der Waals surface area contributed by atoms with Gasteiger partial charge in [-0.15, -0.1) is 0 Å². The summed E-state index contributed by atoms with van der Waals surface area (Å²) in [6.45, 7) is 21.9. The molecule has 0 fully saturated rings. The number of aryl methyl sites for hydroxylation is 2. The van der Waals surface area contributed by atoms with Gasteiger partial charge in [-0.3, -0.25) is 4.79 Å². The molecule has 2 aliphatic rings. The molecule has 0 aromatic heterocycles. The molecule has 0 aliphatic heterocycles. The van der Waals surface area contributed by atoms with E-state index in [9.17, 15) is 0 Å². The zero-order valence-corrected chi connectivity index (χ0v) is 23.8. The van der Waals surface area contributed by atoms with Gasteiger partial charge in [-0.05, 0) is 88.8 Å². The summed E-state index contributed by atoms with van der Waals surface area (Å²) >= 11 is 0. The van der Waals surface area contributed by atoms with Crippen LogP contribution >= 0.6 is 0 Å².